The summed E-state index contributed by atoms with van der Waals surface area (Å²) in [4.78, 5) is 10.7. The Morgan fingerprint density at radius 1 is 1.32 bits per heavy atom. The molecule has 7 heteroatoms. The molecule has 1 heterocycles. The molecular weight excluding hydrogens is 266 g/mol. The molecule has 0 bridgehead atoms. The minimum atomic E-state index is -4.85. The van der Waals surface area contributed by atoms with Crippen molar-refractivity contribution in [1.29, 1.82) is 0 Å². The summed E-state index contributed by atoms with van der Waals surface area (Å²) in [7, 11) is 0. The third kappa shape index (κ3) is 2.69. The van der Waals surface area contributed by atoms with Crippen LogP contribution in [0.3, 0.4) is 0 Å². The van der Waals surface area contributed by atoms with Gasteiger partial charge in [-0.1, -0.05) is 0 Å². The quantitative estimate of drug-likeness (QED) is 0.875. The molecule has 0 saturated heterocycles. The summed E-state index contributed by atoms with van der Waals surface area (Å²) in [6, 6.07) is 5.18. The molecule has 0 aliphatic rings. The van der Waals surface area contributed by atoms with Crippen LogP contribution in [-0.4, -0.2) is 21.8 Å². The van der Waals surface area contributed by atoms with Crippen LogP contribution in [0.5, 0.6) is 0 Å². The highest BCUT2D eigenvalue weighted by Crippen LogP contribution is 2.29. The van der Waals surface area contributed by atoms with Crippen LogP contribution in [0.4, 0.5) is 17.6 Å². The van der Waals surface area contributed by atoms with E-state index in [0.29, 0.717) is 5.39 Å². The highest BCUT2D eigenvalue weighted by Gasteiger charge is 2.45. The van der Waals surface area contributed by atoms with Gasteiger partial charge in [0.25, 0.3) is 0 Å². The van der Waals surface area contributed by atoms with Gasteiger partial charge in [-0.2, -0.15) is 13.2 Å². The van der Waals surface area contributed by atoms with Gasteiger partial charge in [0.1, 0.15) is 5.82 Å². The summed E-state index contributed by atoms with van der Waals surface area (Å²) in [5.41, 5.74) is 0.232. The molecular formula is C12H9F4NO2. The number of benzene rings is 1. The van der Waals surface area contributed by atoms with Gasteiger partial charge in [-0.25, -0.2) is 4.39 Å². The highest BCUT2D eigenvalue weighted by molar-refractivity contribution is 5.80. The lowest BCUT2D eigenvalue weighted by molar-refractivity contribution is -0.195. The molecule has 1 N–H and O–H groups in total. The molecule has 1 aromatic carbocycles. The predicted molar refractivity (Wildman–Crippen MR) is 59.1 cm³/mol. The number of carboxylic acids is 1. The fourth-order valence-electron chi connectivity index (χ4n) is 1.83. The zero-order chi connectivity index (χ0) is 14.2. The minimum Gasteiger partial charge on any atom is -0.481 e. The van der Waals surface area contributed by atoms with Crippen LogP contribution < -0.4 is 0 Å². The normalized spacial score (nSPS) is 13.7. The topological polar surface area (TPSA) is 42.2 Å². The Hall–Kier alpha value is -2.05. The SMILES string of the molecule is O=C(O)C(Cn1ccc2ccc(F)cc21)C(F)(F)F. The second-order valence-electron chi connectivity index (χ2n) is 4.10. The Balaban J connectivity index is 2.39. The fraction of sp³-hybridized carbons (Fsp3) is 0.250. The summed E-state index contributed by atoms with van der Waals surface area (Å²) in [6.45, 7) is -0.786. The lowest BCUT2D eigenvalue weighted by Crippen LogP contribution is -2.34. The van der Waals surface area contributed by atoms with Crippen molar-refractivity contribution in [2.24, 2.45) is 5.92 Å². The van der Waals surface area contributed by atoms with Gasteiger partial charge in [-0.3, -0.25) is 4.79 Å². The van der Waals surface area contributed by atoms with Crippen LogP contribution in [0.15, 0.2) is 30.5 Å². The molecule has 0 fully saturated rings. The zero-order valence-electron chi connectivity index (χ0n) is 9.49. The maximum atomic E-state index is 13.1. The van der Waals surface area contributed by atoms with E-state index >= 15 is 0 Å². The van der Waals surface area contributed by atoms with E-state index < -0.39 is 30.4 Å². The molecule has 19 heavy (non-hydrogen) atoms. The Labute approximate surface area is 105 Å². The van der Waals surface area contributed by atoms with Crippen LogP contribution in [0.25, 0.3) is 10.9 Å². The van der Waals surface area contributed by atoms with Crippen molar-refractivity contribution in [3.63, 3.8) is 0 Å². The van der Waals surface area contributed by atoms with Gasteiger partial charge in [0.15, 0.2) is 5.92 Å². The number of hydrogen-bond acceptors (Lipinski definition) is 1. The van der Waals surface area contributed by atoms with E-state index in [1.807, 2.05) is 0 Å². The first-order valence-corrected chi connectivity index (χ1v) is 5.33. The Morgan fingerprint density at radius 2 is 2.00 bits per heavy atom. The second-order valence-corrected chi connectivity index (χ2v) is 4.10. The van der Waals surface area contributed by atoms with Crippen LogP contribution >= 0.6 is 0 Å². The predicted octanol–water partition coefficient (Wildman–Crippen LogP) is 3.04. The molecule has 0 amide bonds. The molecule has 0 radical (unpaired) electrons. The average Bonchev–Trinajstić information content (AvgIpc) is 2.66. The third-order valence-electron chi connectivity index (χ3n) is 2.81. The molecule has 3 nitrogen and oxygen atoms in total. The van der Waals surface area contributed by atoms with Gasteiger partial charge in [0, 0.05) is 12.7 Å². The monoisotopic (exact) mass is 275 g/mol. The van der Waals surface area contributed by atoms with Crippen molar-refractivity contribution in [1.82, 2.24) is 4.57 Å². The Bertz CT molecular complexity index is 618. The average molecular weight is 275 g/mol. The first-order chi connectivity index (χ1) is 8.79. The van der Waals surface area contributed by atoms with Gasteiger partial charge < -0.3 is 9.67 Å². The van der Waals surface area contributed by atoms with Crippen molar-refractivity contribution < 1.29 is 27.5 Å². The molecule has 2 aromatic rings. The fourth-order valence-corrected chi connectivity index (χ4v) is 1.83. The number of fused-ring (bicyclic) bond motifs is 1. The highest BCUT2D eigenvalue weighted by atomic mass is 19.4. The van der Waals surface area contributed by atoms with E-state index in [0.717, 1.165) is 10.6 Å². The van der Waals surface area contributed by atoms with Crippen molar-refractivity contribution >= 4 is 16.9 Å². The zero-order valence-corrected chi connectivity index (χ0v) is 9.49. The summed E-state index contributed by atoms with van der Waals surface area (Å²) in [6.07, 6.45) is -3.54. The van der Waals surface area contributed by atoms with Gasteiger partial charge in [-0.05, 0) is 29.7 Å². The first-order valence-electron chi connectivity index (χ1n) is 5.33. The van der Waals surface area contributed by atoms with Gasteiger partial charge in [0.2, 0.25) is 0 Å². The minimum absolute atomic E-state index is 0.232. The molecule has 0 saturated carbocycles. The third-order valence-corrected chi connectivity index (χ3v) is 2.81. The van der Waals surface area contributed by atoms with E-state index in [1.165, 1.54) is 24.4 Å². The first kappa shape index (κ1) is 13.4. The van der Waals surface area contributed by atoms with E-state index in [9.17, 15) is 22.4 Å². The van der Waals surface area contributed by atoms with E-state index in [-0.39, 0.29) is 5.52 Å². The number of nitrogens with zero attached hydrogens (tertiary/aromatic N) is 1. The van der Waals surface area contributed by atoms with Crippen molar-refractivity contribution in [3.8, 4) is 0 Å². The van der Waals surface area contributed by atoms with Gasteiger partial charge in [-0.15, -0.1) is 0 Å². The molecule has 0 aliphatic heterocycles. The van der Waals surface area contributed by atoms with Crippen LogP contribution in [0, 0.1) is 11.7 Å². The smallest absolute Gasteiger partial charge is 0.403 e. The van der Waals surface area contributed by atoms with E-state index in [4.69, 9.17) is 5.11 Å². The van der Waals surface area contributed by atoms with Crippen molar-refractivity contribution in [2.75, 3.05) is 0 Å². The lowest BCUT2D eigenvalue weighted by atomic mass is 10.1. The van der Waals surface area contributed by atoms with Crippen molar-refractivity contribution in [3.05, 3.63) is 36.3 Å². The summed E-state index contributed by atoms with van der Waals surface area (Å²) in [5.74, 6) is -5.07. The van der Waals surface area contributed by atoms with Crippen LogP contribution in [-0.2, 0) is 11.3 Å². The molecule has 2 rings (SSSR count). The molecule has 0 aliphatic carbocycles. The molecule has 1 unspecified atom stereocenters. The number of carboxylic acid groups (broad SMARTS) is 1. The Kier molecular flexibility index (Phi) is 3.21. The van der Waals surface area contributed by atoms with Gasteiger partial charge in [0.05, 0.1) is 5.52 Å². The number of aromatic nitrogens is 1. The molecule has 1 aromatic heterocycles. The molecule has 0 spiro atoms. The number of aliphatic carboxylic acids is 1. The lowest BCUT2D eigenvalue weighted by Gasteiger charge is -2.17. The maximum Gasteiger partial charge on any atom is 0.403 e. The number of carbonyl (C=O) groups is 1. The summed E-state index contributed by atoms with van der Waals surface area (Å²) < 4.78 is 51.9. The number of hydrogen-bond donors (Lipinski definition) is 1. The standard InChI is InChI=1S/C12H9F4NO2/c13-8-2-1-7-3-4-17(10(7)5-8)6-9(11(18)19)12(14,15)16/h1-5,9H,6H2,(H,18,19). The van der Waals surface area contributed by atoms with Gasteiger partial charge >= 0.3 is 12.1 Å². The second kappa shape index (κ2) is 4.56. The number of rotatable bonds is 3. The number of alkyl halides is 3. The van der Waals surface area contributed by atoms with Crippen LogP contribution in [0.1, 0.15) is 0 Å². The number of halogens is 4. The Morgan fingerprint density at radius 3 is 2.58 bits per heavy atom. The van der Waals surface area contributed by atoms with E-state index in [2.05, 4.69) is 0 Å². The maximum absolute atomic E-state index is 13.1. The summed E-state index contributed by atoms with van der Waals surface area (Å²) in [5, 5.41) is 9.18. The summed E-state index contributed by atoms with van der Waals surface area (Å²) >= 11 is 0. The molecule has 1 atom stereocenters. The largest absolute Gasteiger partial charge is 0.481 e. The molecule has 102 valence electrons. The van der Waals surface area contributed by atoms with Crippen LogP contribution in [0.2, 0.25) is 0 Å². The van der Waals surface area contributed by atoms with Crippen molar-refractivity contribution in [2.45, 2.75) is 12.7 Å². The van der Waals surface area contributed by atoms with E-state index in [1.54, 1.807) is 0 Å².